The molecule has 8 nitrogen and oxygen atoms in total. The van der Waals surface area contributed by atoms with Crippen LogP contribution in [0.2, 0.25) is 5.02 Å². The van der Waals surface area contributed by atoms with Gasteiger partial charge in [0.25, 0.3) is 5.91 Å². The first-order chi connectivity index (χ1) is 19.8. The van der Waals surface area contributed by atoms with Crippen molar-refractivity contribution in [2.45, 2.75) is 41.5 Å². The number of halogens is 2. The summed E-state index contributed by atoms with van der Waals surface area (Å²) in [6, 6.07) is 14.5. The van der Waals surface area contributed by atoms with E-state index in [1.54, 1.807) is 30.3 Å². The van der Waals surface area contributed by atoms with Crippen LogP contribution in [0.5, 0.6) is 0 Å². The molecule has 3 saturated heterocycles. The number of benzene rings is 2. The fourth-order valence-electron chi connectivity index (χ4n) is 6.64. The second-order valence-corrected chi connectivity index (χ2v) is 12.1. The summed E-state index contributed by atoms with van der Waals surface area (Å²) in [5.41, 5.74) is 0.0230. The molecule has 3 aliphatic rings. The minimum absolute atomic E-state index is 0.0120. The highest BCUT2D eigenvalue weighted by Crippen LogP contribution is 2.61. The number of hydrogen-bond acceptors (Lipinski definition) is 6. The zero-order valence-electron chi connectivity index (χ0n) is 22.4. The van der Waals surface area contributed by atoms with Crippen molar-refractivity contribution in [2.24, 2.45) is 11.8 Å². The van der Waals surface area contributed by atoms with Crippen LogP contribution in [0.3, 0.4) is 0 Å². The topological polar surface area (TPSA) is 96.4 Å². The van der Waals surface area contributed by atoms with Crippen molar-refractivity contribution in [3.63, 3.8) is 0 Å². The average molecular weight is 644 g/mol. The molecule has 216 valence electrons. The molecule has 3 fully saturated rings. The predicted molar refractivity (Wildman–Crippen MR) is 159 cm³/mol. The zero-order chi connectivity index (χ0) is 29.3. The Bertz CT molecular complexity index is 1340. The highest BCUT2D eigenvalue weighted by Gasteiger charge is 2.77. The Balaban J connectivity index is 1.63. The summed E-state index contributed by atoms with van der Waals surface area (Å²) in [5.74, 6) is -3.32. The number of esters is 1. The van der Waals surface area contributed by atoms with Gasteiger partial charge in [-0.25, -0.2) is 0 Å². The van der Waals surface area contributed by atoms with Gasteiger partial charge in [-0.2, -0.15) is 0 Å². The Morgan fingerprint density at radius 1 is 1.20 bits per heavy atom. The molecule has 0 aromatic heterocycles. The molecule has 10 heteroatoms. The Labute approximate surface area is 252 Å². The van der Waals surface area contributed by atoms with E-state index in [-0.39, 0.29) is 18.0 Å². The lowest BCUT2D eigenvalue weighted by Gasteiger charge is -2.39. The van der Waals surface area contributed by atoms with Crippen molar-refractivity contribution < 1.29 is 29.0 Å². The minimum Gasteiger partial charge on any atom is -0.461 e. The molecule has 0 aliphatic carbocycles. The summed E-state index contributed by atoms with van der Waals surface area (Å²) < 4.78 is 12.0. The number of alkyl halides is 1. The number of carbonyl (C=O) groups excluding carboxylic acids is 3. The number of likely N-dealkylation sites (tertiary alicyclic amines) is 1. The van der Waals surface area contributed by atoms with Crippen LogP contribution >= 0.6 is 27.5 Å². The monoisotopic (exact) mass is 642 g/mol. The van der Waals surface area contributed by atoms with E-state index in [0.717, 1.165) is 5.56 Å². The van der Waals surface area contributed by atoms with Gasteiger partial charge in [-0.15, -0.1) is 6.58 Å². The summed E-state index contributed by atoms with van der Waals surface area (Å²) in [5, 5.41) is 11.0. The number of rotatable bonds is 11. The van der Waals surface area contributed by atoms with Crippen molar-refractivity contribution in [3.8, 4) is 0 Å². The van der Waals surface area contributed by atoms with Crippen LogP contribution < -0.4 is 4.90 Å². The molecule has 3 aliphatic heterocycles. The van der Waals surface area contributed by atoms with E-state index in [0.29, 0.717) is 23.6 Å². The van der Waals surface area contributed by atoms with Crippen LogP contribution in [0.1, 0.15) is 12.0 Å². The molecule has 2 aromatic carbocycles. The number of para-hydroxylation sites is 1. The number of hydrogen-bond donors (Lipinski definition) is 1. The van der Waals surface area contributed by atoms with Crippen molar-refractivity contribution >= 4 is 51.0 Å². The van der Waals surface area contributed by atoms with Gasteiger partial charge in [0, 0.05) is 11.4 Å². The first-order valence-electron chi connectivity index (χ1n) is 13.5. The van der Waals surface area contributed by atoms with Gasteiger partial charge in [0.15, 0.2) is 0 Å². The van der Waals surface area contributed by atoms with Crippen LogP contribution in [0, 0.1) is 11.8 Å². The van der Waals surface area contributed by atoms with E-state index in [1.165, 1.54) is 15.9 Å². The van der Waals surface area contributed by atoms with Gasteiger partial charge < -0.3 is 24.4 Å². The number of carbonyl (C=O) groups is 3. The zero-order valence-corrected chi connectivity index (χ0v) is 24.7. The van der Waals surface area contributed by atoms with Crippen LogP contribution in [0.4, 0.5) is 5.69 Å². The minimum atomic E-state index is -1.32. The molecule has 2 aromatic rings. The van der Waals surface area contributed by atoms with Crippen LogP contribution in [-0.4, -0.2) is 76.2 Å². The van der Waals surface area contributed by atoms with E-state index in [4.69, 9.17) is 21.1 Å². The third-order valence-electron chi connectivity index (χ3n) is 8.22. The molecule has 1 N–H and O–H groups in total. The maximum Gasteiger partial charge on any atom is 0.312 e. The van der Waals surface area contributed by atoms with Crippen molar-refractivity contribution in [1.82, 2.24) is 4.90 Å². The molecule has 5 rings (SSSR count). The molecule has 0 saturated carbocycles. The van der Waals surface area contributed by atoms with Crippen LogP contribution in [-0.2, 0) is 30.3 Å². The molecule has 1 spiro atoms. The Morgan fingerprint density at radius 3 is 2.56 bits per heavy atom. The number of fused-ring (bicyclic) bond motifs is 1. The summed E-state index contributed by atoms with van der Waals surface area (Å²) >= 11 is 10.2. The molecule has 3 heterocycles. The fraction of sp³-hybridized carbons (Fsp3) is 0.387. The van der Waals surface area contributed by atoms with Gasteiger partial charge in [0.1, 0.15) is 18.2 Å². The van der Waals surface area contributed by atoms with Gasteiger partial charge >= 0.3 is 5.97 Å². The van der Waals surface area contributed by atoms with Gasteiger partial charge in [-0.3, -0.25) is 14.4 Å². The standard InChI is InChI=1S/C31H32BrClN2O6/c1-3-14-34(23-13-9-8-12-22(23)33)29(38)27-31-17-21(32)26(41-31)24(30(39)40-15-4-2)25(31)28(37)35(27)20(18-36)16-19-10-6-5-7-11-19/h3-13,20-21,24-27,36H,1-2,14-18H2/t20-,21?,24+,25+,26+,27?,31?/m1/s1. The number of amides is 2. The second-order valence-electron chi connectivity index (χ2n) is 10.5. The lowest BCUT2D eigenvalue weighted by molar-refractivity contribution is -0.154. The lowest BCUT2D eigenvalue weighted by Crippen LogP contribution is -2.59. The maximum absolute atomic E-state index is 14.7. The van der Waals surface area contributed by atoms with E-state index >= 15 is 0 Å². The molecule has 2 amide bonds. The Kier molecular flexibility index (Phi) is 8.70. The molecular weight excluding hydrogens is 612 g/mol. The summed E-state index contributed by atoms with van der Waals surface area (Å²) in [6.45, 7) is 7.15. The Hall–Kier alpha value is -2.98. The SMILES string of the molecule is C=CCOC(=O)[C@H]1[C@H]2C(=O)N([C@@H](CO)Cc3ccccc3)C(C(=O)N(CC=C)c3ccccc3Cl)C23CC(Br)[C@@H]1O3. The molecule has 7 atom stereocenters. The number of aliphatic hydroxyl groups excluding tert-OH is 1. The van der Waals surface area contributed by atoms with Gasteiger partial charge in [0.2, 0.25) is 5.91 Å². The van der Waals surface area contributed by atoms with Crippen LogP contribution in [0.25, 0.3) is 0 Å². The highest BCUT2D eigenvalue weighted by molar-refractivity contribution is 9.09. The quantitative estimate of drug-likeness (QED) is 0.227. The van der Waals surface area contributed by atoms with E-state index in [1.807, 2.05) is 30.3 Å². The van der Waals surface area contributed by atoms with Crippen molar-refractivity contribution in [3.05, 3.63) is 90.5 Å². The van der Waals surface area contributed by atoms with Gasteiger partial charge in [0.05, 0.1) is 41.3 Å². The van der Waals surface area contributed by atoms with Gasteiger partial charge in [-0.1, -0.05) is 88.7 Å². The third kappa shape index (κ3) is 5.03. The lowest BCUT2D eigenvalue weighted by atomic mass is 9.70. The van der Waals surface area contributed by atoms with Crippen molar-refractivity contribution in [1.29, 1.82) is 0 Å². The maximum atomic E-state index is 14.7. The highest BCUT2D eigenvalue weighted by atomic mass is 79.9. The predicted octanol–water partition coefficient (Wildman–Crippen LogP) is 3.94. The van der Waals surface area contributed by atoms with E-state index < -0.39 is 60.0 Å². The van der Waals surface area contributed by atoms with E-state index in [2.05, 4.69) is 29.1 Å². The number of anilines is 1. The normalized spacial score (nSPS) is 28.7. The molecule has 2 bridgehead atoms. The number of aliphatic hydroxyl groups is 1. The average Bonchev–Trinajstić information content (AvgIpc) is 3.57. The van der Waals surface area contributed by atoms with Gasteiger partial charge in [-0.05, 0) is 30.5 Å². The largest absolute Gasteiger partial charge is 0.461 e. The first kappa shape index (κ1) is 29.5. The molecule has 41 heavy (non-hydrogen) atoms. The first-order valence-corrected chi connectivity index (χ1v) is 14.8. The summed E-state index contributed by atoms with van der Waals surface area (Å²) in [6.07, 6.45) is 3.01. The fourth-order valence-corrected chi connectivity index (χ4v) is 7.82. The Morgan fingerprint density at radius 2 is 1.90 bits per heavy atom. The van der Waals surface area contributed by atoms with Crippen molar-refractivity contribution in [2.75, 3.05) is 24.7 Å². The smallest absolute Gasteiger partial charge is 0.312 e. The van der Waals surface area contributed by atoms with E-state index in [9.17, 15) is 19.5 Å². The molecular formula is C31H32BrClN2O6. The number of nitrogens with zero attached hydrogens (tertiary/aromatic N) is 2. The summed E-state index contributed by atoms with van der Waals surface area (Å²) in [7, 11) is 0. The second kappa shape index (κ2) is 12.1. The van der Waals surface area contributed by atoms with Crippen LogP contribution in [0.15, 0.2) is 79.9 Å². The molecule has 0 radical (unpaired) electrons. The summed E-state index contributed by atoms with van der Waals surface area (Å²) in [4.78, 5) is 45.1. The third-order valence-corrected chi connectivity index (χ3v) is 9.38. The number of ether oxygens (including phenoxy) is 2. The molecule has 3 unspecified atom stereocenters.